The van der Waals surface area contributed by atoms with Crippen LogP contribution < -0.4 is 0 Å². The molecule has 0 bridgehead atoms. The van der Waals surface area contributed by atoms with Gasteiger partial charge in [0.15, 0.2) is 0 Å². The fraction of sp³-hybridized carbons (Fsp3) is 0.308. The molecule has 0 spiro atoms. The Balaban J connectivity index is 0.00000181. The van der Waals surface area contributed by atoms with E-state index in [1.807, 2.05) is 48.5 Å². The van der Waals surface area contributed by atoms with Crippen LogP contribution >= 0.6 is 0 Å². The Morgan fingerprint density at radius 2 is 0.844 bits per heavy atom. The normalized spacial score (nSPS) is 15.7. The standard InChI is InChI=1S/C26H28N2O2.Re.Rf/c1-25(2,3)17-11-7-15(8-12-17)21-19-20(24(30)27-21)22(28-23(19)29)16-9-13-18(14-10-16)26(4,5)6;;/h7-14H,1-6H3,(H2,27,28,29,30);;/p-2. The van der Waals surface area contributed by atoms with Gasteiger partial charge in [-0.25, -0.2) is 0 Å². The van der Waals surface area contributed by atoms with Crippen LogP contribution in [0.1, 0.15) is 63.8 Å². The van der Waals surface area contributed by atoms with E-state index in [2.05, 4.69) is 52.2 Å². The van der Waals surface area contributed by atoms with Crippen molar-refractivity contribution in [1.82, 2.24) is 0 Å². The smallest absolute Gasteiger partial charge is 0.0847 e. The molecule has 0 saturated carbocycles. The summed E-state index contributed by atoms with van der Waals surface area (Å²) in [5, 5.41) is 8.44. The van der Waals surface area contributed by atoms with E-state index >= 15 is 0 Å². The number of nitrogens with zero attached hydrogens (tertiary/aromatic N) is 2. The van der Waals surface area contributed by atoms with E-state index in [1.54, 1.807) is 0 Å². The number of hydrogen-bond donors (Lipinski definition) is 0. The van der Waals surface area contributed by atoms with Crippen molar-refractivity contribution in [3.63, 3.8) is 0 Å². The fourth-order valence-corrected chi connectivity index (χ4v) is 3.75. The number of amides is 2. The number of rotatable bonds is 2. The molecule has 2 aromatic carbocycles. The van der Waals surface area contributed by atoms with Crippen LogP contribution in [0.25, 0.3) is 22.0 Å². The molecular weight excluding hydrogens is 826 g/mol. The van der Waals surface area contributed by atoms with Crippen molar-refractivity contribution in [2.75, 3.05) is 0 Å². The summed E-state index contributed by atoms with van der Waals surface area (Å²) < 4.78 is 0. The first-order chi connectivity index (χ1) is 14.0. The van der Waals surface area contributed by atoms with Crippen LogP contribution in [0.4, 0.5) is 0 Å². The van der Waals surface area contributed by atoms with E-state index in [0.717, 1.165) is 11.1 Å². The van der Waals surface area contributed by atoms with E-state index in [0.29, 0.717) is 22.5 Å². The number of carbonyl (C=O) groups is 2. The SMILES string of the molecule is CC(C)(C)c1ccc(C2=C3C(=O)[N-]C(c4ccc(C(C)(C)C)cc4)=C3C(=O)[N-]2)cc1.[Re].[Rf]. The van der Waals surface area contributed by atoms with E-state index in [9.17, 15) is 9.59 Å². The molecule has 0 aliphatic carbocycles. The van der Waals surface area contributed by atoms with Crippen LogP contribution in [0.5, 0.6) is 0 Å². The van der Waals surface area contributed by atoms with Gasteiger partial charge in [0.1, 0.15) is 0 Å². The zero-order chi connectivity index (χ0) is 21.8. The van der Waals surface area contributed by atoms with E-state index in [1.165, 1.54) is 11.1 Å². The minimum Gasteiger partial charge on any atom is -0.622 e. The summed E-state index contributed by atoms with van der Waals surface area (Å²) in [4.78, 5) is 25.5. The maximum Gasteiger partial charge on any atom is 0.0847 e. The van der Waals surface area contributed by atoms with Crippen molar-refractivity contribution in [1.29, 1.82) is 0 Å². The molecule has 0 fully saturated rings. The van der Waals surface area contributed by atoms with Crippen LogP contribution in [-0.4, -0.2) is 11.8 Å². The molecule has 2 aliphatic rings. The Hall–Kier alpha value is -3.48. The average Bonchev–Trinajstić information content (AvgIpc) is 3.19. The molecule has 32 heavy (non-hydrogen) atoms. The van der Waals surface area contributed by atoms with Crippen molar-refractivity contribution in [3.8, 4) is 0 Å². The molecule has 0 atom stereocenters. The number of hydrogen-bond acceptors (Lipinski definition) is 2. The van der Waals surface area contributed by atoms with Crippen molar-refractivity contribution >= 4 is 23.2 Å². The summed E-state index contributed by atoms with van der Waals surface area (Å²) in [5.74, 6) is -0.797. The molecule has 1 radical (unpaired) electrons. The van der Waals surface area contributed by atoms with Crippen LogP contribution in [0.3, 0.4) is 0 Å². The summed E-state index contributed by atoms with van der Waals surface area (Å²) in [5.41, 5.74) is 5.40. The van der Waals surface area contributed by atoms with E-state index in [4.69, 9.17) is 0 Å². The zero-order valence-corrected chi connectivity index (χ0v) is 28.5. The van der Waals surface area contributed by atoms with Gasteiger partial charge >= 0.3 is 0 Å². The number of fused-ring (bicyclic) bond motifs is 1. The molecule has 0 N–H and O–H groups in total. The second-order valence-electron chi connectivity index (χ2n) is 9.94. The van der Waals surface area contributed by atoms with Crippen LogP contribution in [-0.2, 0) is 40.8 Å². The molecule has 2 aliphatic heterocycles. The van der Waals surface area contributed by atoms with Gasteiger partial charge in [-0.05, 0) is 44.2 Å². The summed E-state index contributed by atoms with van der Waals surface area (Å²) in [6.07, 6.45) is 0. The number of carbonyl (C=O) groups excluding carboxylic acids is 2. The molecule has 0 saturated heterocycles. The summed E-state index contributed by atoms with van der Waals surface area (Å²) in [7, 11) is 0. The average molecular weight is 852 g/mol. The Kier molecular flexibility index (Phi) is 6.37. The van der Waals surface area contributed by atoms with Crippen LogP contribution in [0, 0.1) is 0 Å². The first kappa shape index (κ1) is 24.8. The Bertz CT molecular complexity index is 1020. The topological polar surface area (TPSA) is 62.3 Å². The third-order valence-electron chi connectivity index (χ3n) is 5.63. The van der Waals surface area contributed by atoms with Gasteiger partial charge in [-0.1, -0.05) is 90.1 Å². The molecule has 163 valence electrons. The molecule has 4 nitrogen and oxygen atoms in total. The summed E-state index contributed by atoms with van der Waals surface area (Å²) in [6, 6.07) is 15.8. The largest absolute Gasteiger partial charge is 0.622 e. The first-order valence-corrected chi connectivity index (χ1v) is 10.2. The summed E-state index contributed by atoms with van der Waals surface area (Å²) >= 11 is 0. The van der Waals surface area contributed by atoms with E-state index < -0.39 is 11.8 Å². The van der Waals surface area contributed by atoms with Gasteiger partial charge in [0.05, 0.1) is 11.8 Å². The van der Waals surface area contributed by atoms with Crippen molar-refractivity contribution < 1.29 is 30.0 Å². The van der Waals surface area contributed by atoms with Gasteiger partial charge < -0.3 is 20.2 Å². The molecule has 2 aromatic rings. The van der Waals surface area contributed by atoms with Crippen molar-refractivity contribution in [2.24, 2.45) is 0 Å². The van der Waals surface area contributed by atoms with Gasteiger partial charge in [-0.3, -0.25) is 0 Å². The van der Waals surface area contributed by atoms with Gasteiger partial charge in [0.25, 0.3) is 0 Å². The Morgan fingerprint density at radius 3 is 1.09 bits per heavy atom. The predicted molar refractivity (Wildman–Crippen MR) is 121 cm³/mol. The third-order valence-corrected chi connectivity index (χ3v) is 5.63. The minimum atomic E-state index is -0.399. The molecule has 0 unspecified atom stereocenters. The summed E-state index contributed by atoms with van der Waals surface area (Å²) in [6.45, 7) is 12.9. The van der Waals surface area contributed by atoms with Gasteiger partial charge in [-0.15, -0.1) is 11.4 Å². The second kappa shape index (κ2) is 8.22. The van der Waals surface area contributed by atoms with Crippen LogP contribution in [0.15, 0.2) is 59.7 Å². The molecule has 4 rings (SSSR count). The van der Waals surface area contributed by atoms with Crippen molar-refractivity contribution in [3.05, 3.63) is 92.6 Å². The van der Waals surface area contributed by atoms with Gasteiger partial charge in [-0.2, -0.15) is 0 Å². The minimum absolute atomic E-state index is 0. The number of benzene rings is 2. The van der Waals surface area contributed by atoms with Crippen LogP contribution in [0.2, 0.25) is 0 Å². The maximum atomic E-state index is 12.7. The molecular formula is C26H26N2O2ReRf-2. The molecule has 2 amide bonds. The predicted octanol–water partition coefficient (Wildman–Crippen LogP) is 6.23. The zero-order valence-electron chi connectivity index (χ0n) is 19.4. The quantitative estimate of drug-likeness (QED) is 0.360. The van der Waals surface area contributed by atoms with Crippen molar-refractivity contribution in [2.45, 2.75) is 52.4 Å². The Morgan fingerprint density at radius 1 is 0.562 bits per heavy atom. The van der Waals surface area contributed by atoms with Gasteiger partial charge in [0, 0.05) is 20.4 Å². The monoisotopic (exact) mass is 852 g/mol. The molecule has 2 heterocycles. The maximum absolute atomic E-state index is 12.7. The third kappa shape index (κ3) is 4.15. The molecule has 0 aromatic heterocycles. The second-order valence-corrected chi connectivity index (χ2v) is 9.94. The first-order valence-electron chi connectivity index (χ1n) is 10.2. The molecule has 6 heteroatoms. The van der Waals surface area contributed by atoms with E-state index in [-0.39, 0.29) is 31.3 Å². The fourth-order valence-electron chi connectivity index (χ4n) is 3.75. The Labute approximate surface area is 197 Å². The van der Waals surface area contributed by atoms with Gasteiger partial charge in [0.2, 0.25) is 0 Å².